The van der Waals surface area contributed by atoms with Gasteiger partial charge in [-0.15, -0.1) is 0 Å². The van der Waals surface area contributed by atoms with Crippen LogP contribution < -0.4 is 16.4 Å². The van der Waals surface area contributed by atoms with Crippen LogP contribution in [0, 0.1) is 0 Å². The molecule has 3 rings (SSSR count). The molecule has 0 fully saturated rings. The molecule has 1 heterocycles. The van der Waals surface area contributed by atoms with Gasteiger partial charge >= 0.3 is 6.03 Å². The number of halogens is 2. The van der Waals surface area contributed by atoms with E-state index in [1.165, 1.54) is 0 Å². The Morgan fingerprint density at radius 2 is 1.83 bits per heavy atom. The Hall–Kier alpha value is -2.28. The smallest absolute Gasteiger partial charge is 0.315 e. The zero-order valence-corrected chi connectivity index (χ0v) is 18.6. The number of carbonyl (C=O) groups is 2. The third kappa shape index (κ3) is 5.65. The zero-order valence-electron chi connectivity index (χ0n) is 17.0. The minimum Gasteiger partial charge on any atom is -0.336 e. The molecule has 1 aliphatic heterocycles. The summed E-state index contributed by atoms with van der Waals surface area (Å²) in [6.45, 7) is 5.27. The number of rotatable bonds is 6. The fraction of sp³-hybridized carbons (Fsp3) is 0.364. The Balaban J connectivity index is 1.58. The zero-order chi connectivity index (χ0) is 21.8. The number of benzene rings is 2. The lowest BCUT2D eigenvalue weighted by molar-refractivity contribution is -0.133. The number of carbonyl (C=O) groups excluding carboxylic acids is 2. The second kappa shape index (κ2) is 9.69. The minimum absolute atomic E-state index is 0.0801. The van der Waals surface area contributed by atoms with Gasteiger partial charge in [-0.2, -0.15) is 0 Å². The van der Waals surface area contributed by atoms with Crippen LogP contribution in [-0.4, -0.2) is 28.9 Å². The SMILES string of the molecule is CC(C)NC(=O)NCc1ccc2c(c1)CN(C(=O)[C@H](N)Cc1ccc(Cl)cc1Cl)C2. The van der Waals surface area contributed by atoms with Crippen LogP contribution >= 0.6 is 23.2 Å². The Kier molecular flexibility index (Phi) is 7.23. The number of fused-ring (bicyclic) bond motifs is 1. The van der Waals surface area contributed by atoms with Gasteiger partial charge in [0.2, 0.25) is 5.91 Å². The van der Waals surface area contributed by atoms with Crippen LogP contribution in [0.15, 0.2) is 36.4 Å². The predicted molar refractivity (Wildman–Crippen MR) is 119 cm³/mol. The number of hydrogen-bond acceptors (Lipinski definition) is 3. The highest BCUT2D eigenvalue weighted by Crippen LogP contribution is 2.26. The predicted octanol–water partition coefficient (Wildman–Crippen LogP) is 3.61. The molecule has 0 unspecified atom stereocenters. The summed E-state index contributed by atoms with van der Waals surface area (Å²) in [6.07, 6.45) is 0.349. The van der Waals surface area contributed by atoms with Gasteiger partial charge in [0.05, 0.1) is 6.04 Å². The molecule has 8 heteroatoms. The van der Waals surface area contributed by atoms with Crippen molar-refractivity contribution in [3.05, 3.63) is 68.7 Å². The molecule has 0 saturated heterocycles. The quantitative estimate of drug-likeness (QED) is 0.630. The number of nitrogens with two attached hydrogens (primary N) is 1. The van der Waals surface area contributed by atoms with Gasteiger partial charge in [-0.05, 0) is 54.7 Å². The monoisotopic (exact) mass is 448 g/mol. The van der Waals surface area contributed by atoms with Gasteiger partial charge < -0.3 is 21.3 Å². The molecule has 0 saturated carbocycles. The van der Waals surface area contributed by atoms with Gasteiger partial charge in [0.1, 0.15) is 0 Å². The molecule has 0 bridgehead atoms. The van der Waals surface area contributed by atoms with E-state index in [2.05, 4.69) is 10.6 Å². The van der Waals surface area contributed by atoms with E-state index in [1.807, 2.05) is 32.0 Å². The van der Waals surface area contributed by atoms with Crippen LogP contribution in [-0.2, 0) is 30.8 Å². The summed E-state index contributed by atoms with van der Waals surface area (Å²) in [7, 11) is 0. The fourth-order valence-corrected chi connectivity index (χ4v) is 3.94. The molecule has 4 N–H and O–H groups in total. The van der Waals surface area contributed by atoms with Gasteiger partial charge in [-0.3, -0.25) is 4.79 Å². The molecule has 2 aromatic carbocycles. The van der Waals surface area contributed by atoms with Crippen LogP contribution in [0.25, 0.3) is 0 Å². The molecule has 0 radical (unpaired) electrons. The number of nitrogens with one attached hydrogen (secondary N) is 2. The van der Waals surface area contributed by atoms with Crippen molar-refractivity contribution in [2.75, 3.05) is 0 Å². The lowest BCUT2D eigenvalue weighted by Crippen LogP contribution is -2.42. The summed E-state index contributed by atoms with van der Waals surface area (Å²) in [5.74, 6) is -0.117. The van der Waals surface area contributed by atoms with E-state index in [-0.39, 0.29) is 18.0 Å². The molecular weight excluding hydrogens is 423 g/mol. The highest BCUT2D eigenvalue weighted by molar-refractivity contribution is 6.35. The van der Waals surface area contributed by atoms with Crippen molar-refractivity contribution in [2.45, 2.75) is 52.0 Å². The second-order valence-electron chi connectivity index (χ2n) is 7.83. The van der Waals surface area contributed by atoms with E-state index in [1.54, 1.807) is 23.1 Å². The van der Waals surface area contributed by atoms with Gasteiger partial charge in [0, 0.05) is 35.7 Å². The highest BCUT2D eigenvalue weighted by Gasteiger charge is 2.27. The maximum atomic E-state index is 12.9. The summed E-state index contributed by atoms with van der Waals surface area (Å²) in [5, 5.41) is 6.69. The van der Waals surface area contributed by atoms with Crippen LogP contribution in [0.2, 0.25) is 10.0 Å². The maximum absolute atomic E-state index is 12.9. The van der Waals surface area contributed by atoms with Crippen molar-refractivity contribution in [2.24, 2.45) is 5.73 Å². The molecule has 6 nitrogen and oxygen atoms in total. The van der Waals surface area contributed by atoms with Gasteiger partial charge in [0.15, 0.2) is 0 Å². The van der Waals surface area contributed by atoms with Crippen LogP contribution in [0.4, 0.5) is 4.79 Å². The van der Waals surface area contributed by atoms with Gasteiger partial charge in [-0.25, -0.2) is 4.79 Å². The summed E-state index contributed by atoms with van der Waals surface area (Å²) in [5.41, 5.74) is 10.1. The Labute approximate surface area is 186 Å². The second-order valence-corrected chi connectivity index (χ2v) is 8.67. The van der Waals surface area contributed by atoms with Gasteiger partial charge in [-0.1, -0.05) is 47.5 Å². The van der Waals surface area contributed by atoms with E-state index in [4.69, 9.17) is 28.9 Å². The first-order valence-corrected chi connectivity index (χ1v) is 10.6. The lowest BCUT2D eigenvalue weighted by Gasteiger charge is -2.20. The number of hydrogen-bond donors (Lipinski definition) is 3. The molecule has 2 aromatic rings. The first kappa shape index (κ1) is 22.4. The fourth-order valence-electron chi connectivity index (χ4n) is 3.46. The van der Waals surface area contributed by atoms with E-state index in [0.29, 0.717) is 36.1 Å². The van der Waals surface area contributed by atoms with Crippen LogP contribution in [0.1, 0.15) is 36.1 Å². The van der Waals surface area contributed by atoms with Crippen LogP contribution in [0.3, 0.4) is 0 Å². The van der Waals surface area contributed by atoms with Crippen molar-refractivity contribution >= 4 is 35.1 Å². The molecule has 1 atom stereocenters. The van der Waals surface area contributed by atoms with E-state index >= 15 is 0 Å². The van der Waals surface area contributed by atoms with Crippen molar-refractivity contribution in [1.29, 1.82) is 0 Å². The van der Waals surface area contributed by atoms with Gasteiger partial charge in [0.25, 0.3) is 0 Å². The molecular formula is C22H26Cl2N4O2. The third-order valence-corrected chi connectivity index (χ3v) is 5.54. The highest BCUT2D eigenvalue weighted by atomic mass is 35.5. The molecule has 1 aliphatic rings. The summed E-state index contributed by atoms with van der Waals surface area (Å²) in [4.78, 5) is 26.4. The van der Waals surface area contributed by atoms with Crippen molar-refractivity contribution in [3.63, 3.8) is 0 Å². The topological polar surface area (TPSA) is 87.5 Å². The standard InChI is InChI=1S/C22H26Cl2N4O2/c1-13(2)27-22(30)26-10-14-3-4-16-11-28(12-17(16)7-14)21(29)20(25)8-15-5-6-18(23)9-19(15)24/h3-7,9,13,20H,8,10-12,25H2,1-2H3,(H2,26,27,30)/t20-/m1/s1. The lowest BCUT2D eigenvalue weighted by atomic mass is 10.1. The number of nitrogens with zero attached hydrogens (tertiary/aromatic N) is 1. The van der Waals surface area contributed by atoms with E-state index < -0.39 is 6.04 Å². The average Bonchev–Trinajstić information content (AvgIpc) is 3.10. The molecule has 0 spiro atoms. The summed E-state index contributed by atoms with van der Waals surface area (Å²) < 4.78 is 0. The van der Waals surface area contributed by atoms with Crippen molar-refractivity contribution in [1.82, 2.24) is 15.5 Å². The van der Waals surface area contributed by atoms with E-state index in [0.717, 1.165) is 22.3 Å². The van der Waals surface area contributed by atoms with Crippen molar-refractivity contribution in [3.8, 4) is 0 Å². The maximum Gasteiger partial charge on any atom is 0.315 e. The Morgan fingerprint density at radius 3 is 2.53 bits per heavy atom. The molecule has 3 amide bonds. The summed E-state index contributed by atoms with van der Waals surface area (Å²) >= 11 is 12.1. The minimum atomic E-state index is -0.682. The normalized spacial score (nSPS) is 13.9. The van der Waals surface area contributed by atoms with Crippen molar-refractivity contribution < 1.29 is 9.59 Å². The Bertz CT molecular complexity index is 949. The van der Waals surface area contributed by atoms with E-state index in [9.17, 15) is 9.59 Å². The first-order chi connectivity index (χ1) is 14.2. The molecule has 30 heavy (non-hydrogen) atoms. The largest absolute Gasteiger partial charge is 0.336 e. The Morgan fingerprint density at radius 1 is 1.10 bits per heavy atom. The molecule has 0 aliphatic carbocycles. The van der Waals surface area contributed by atoms with Crippen LogP contribution in [0.5, 0.6) is 0 Å². The first-order valence-electron chi connectivity index (χ1n) is 9.86. The third-order valence-electron chi connectivity index (χ3n) is 4.95. The average molecular weight is 449 g/mol. The number of amides is 3. The summed E-state index contributed by atoms with van der Waals surface area (Å²) in [6, 6.07) is 10.4. The molecule has 160 valence electrons. The number of urea groups is 1. The molecule has 0 aromatic heterocycles.